The van der Waals surface area contributed by atoms with Crippen molar-refractivity contribution in [1.29, 1.82) is 0 Å². The van der Waals surface area contributed by atoms with Crippen molar-refractivity contribution in [1.82, 2.24) is 0 Å². The van der Waals surface area contributed by atoms with Crippen LogP contribution < -0.4 is 21.3 Å². The minimum atomic E-state index is -0.357. The van der Waals surface area contributed by atoms with Gasteiger partial charge in [0, 0.05) is 22.7 Å². The van der Waals surface area contributed by atoms with Crippen LogP contribution in [0, 0.1) is 6.92 Å². The normalized spacial score (nSPS) is 9.96. The van der Waals surface area contributed by atoms with Crippen molar-refractivity contribution in [2.45, 2.75) is 6.92 Å². The van der Waals surface area contributed by atoms with Gasteiger partial charge >= 0.3 is 12.1 Å². The Kier molecular flexibility index (Phi) is 5.69. The molecular formula is C21H20N4O2. The third-order valence-electron chi connectivity index (χ3n) is 3.81. The predicted octanol–water partition coefficient (Wildman–Crippen LogP) is 5.28. The van der Waals surface area contributed by atoms with Crippen LogP contribution in [0.2, 0.25) is 0 Å². The van der Waals surface area contributed by atoms with Gasteiger partial charge in [-0.3, -0.25) is 0 Å². The Morgan fingerprint density at radius 3 is 1.63 bits per heavy atom. The number of para-hydroxylation sites is 2. The van der Waals surface area contributed by atoms with Crippen LogP contribution in [0.3, 0.4) is 0 Å². The van der Waals surface area contributed by atoms with Gasteiger partial charge in [-0.05, 0) is 48.9 Å². The van der Waals surface area contributed by atoms with Crippen LogP contribution in [-0.4, -0.2) is 12.1 Å². The summed E-state index contributed by atoms with van der Waals surface area (Å²) >= 11 is 0. The van der Waals surface area contributed by atoms with Crippen LogP contribution in [0.1, 0.15) is 5.56 Å². The predicted molar refractivity (Wildman–Crippen MR) is 109 cm³/mol. The summed E-state index contributed by atoms with van der Waals surface area (Å²) in [5.74, 6) is 0. The van der Waals surface area contributed by atoms with Gasteiger partial charge in [0.25, 0.3) is 0 Å². The second-order valence-electron chi connectivity index (χ2n) is 5.92. The molecule has 0 saturated carbocycles. The minimum absolute atomic E-state index is 0.352. The number of amides is 4. The molecule has 0 aliphatic carbocycles. The van der Waals surface area contributed by atoms with Crippen LogP contribution in [0.15, 0.2) is 78.9 Å². The zero-order valence-corrected chi connectivity index (χ0v) is 14.8. The molecule has 136 valence electrons. The van der Waals surface area contributed by atoms with E-state index < -0.39 is 0 Å². The van der Waals surface area contributed by atoms with Crippen molar-refractivity contribution in [2.24, 2.45) is 0 Å². The highest BCUT2D eigenvalue weighted by atomic mass is 16.2. The smallest absolute Gasteiger partial charge is 0.308 e. The molecule has 6 nitrogen and oxygen atoms in total. The molecule has 0 aliphatic rings. The monoisotopic (exact) mass is 360 g/mol. The number of carbonyl (C=O) groups is 2. The lowest BCUT2D eigenvalue weighted by atomic mass is 10.2. The summed E-state index contributed by atoms with van der Waals surface area (Å²) < 4.78 is 0. The number of anilines is 4. The highest BCUT2D eigenvalue weighted by Crippen LogP contribution is 2.21. The van der Waals surface area contributed by atoms with E-state index in [0.717, 1.165) is 5.56 Å². The van der Waals surface area contributed by atoms with Gasteiger partial charge in [0.15, 0.2) is 0 Å². The van der Waals surface area contributed by atoms with Gasteiger partial charge in [0.1, 0.15) is 0 Å². The van der Waals surface area contributed by atoms with Gasteiger partial charge in [0.2, 0.25) is 0 Å². The fourth-order valence-electron chi connectivity index (χ4n) is 2.46. The molecule has 0 radical (unpaired) electrons. The van der Waals surface area contributed by atoms with E-state index in [1.54, 1.807) is 36.4 Å². The maximum atomic E-state index is 12.2. The molecule has 6 heteroatoms. The number of hydrogen-bond acceptors (Lipinski definition) is 2. The largest absolute Gasteiger partial charge is 0.323 e. The molecule has 4 amide bonds. The summed E-state index contributed by atoms with van der Waals surface area (Å²) in [4.78, 5) is 24.3. The van der Waals surface area contributed by atoms with Crippen molar-refractivity contribution < 1.29 is 9.59 Å². The summed E-state index contributed by atoms with van der Waals surface area (Å²) in [6, 6.07) is 22.9. The molecular weight excluding hydrogens is 340 g/mol. The fourth-order valence-corrected chi connectivity index (χ4v) is 2.46. The molecule has 27 heavy (non-hydrogen) atoms. The number of nitrogens with one attached hydrogen (secondary N) is 4. The Morgan fingerprint density at radius 2 is 1.07 bits per heavy atom. The van der Waals surface area contributed by atoms with Crippen LogP contribution in [-0.2, 0) is 0 Å². The van der Waals surface area contributed by atoms with Crippen LogP contribution in [0.25, 0.3) is 0 Å². The molecule has 3 aromatic carbocycles. The standard InChI is InChI=1S/C21H20N4O2/c1-15-12-13-18(24-20(26)22-16-8-4-2-5-9-16)14-19(15)25-21(27)23-17-10-6-3-7-11-17/h2-14H,1H3,(H2,22,24,26)(H2,23,25,27). The first-order valence-corrected chi connectivity index (χ1v) is 8.47. The second-order valence-corrected chi connectivity index (χ2v) is 5.92. The topological polar surface area (TPSA) is 82.3 Å². The van der Waals surface area contributed by atoms with E-state index in [-0.39, 0.29) is 12.1 Å². The van der Waals surface area contributed by atoms with Gasteiger partial charge in [-0.2, -0.15) is 0 Å². The lowest BCUT2D eigenvalue weighted by Gasteiger charge is -2.13. The van der Waals surface area contributed by atoms with E-state index >= 15 is 0 Å². The molecule has 0 heterocycles. The second kappa shape index (κ2) is 8.53. The Morgan fingerprint density at radius 1 is 0.593 bits per heavy atom. The number of aryl methyl sites for hydroxylation is 1. The summed E-state index contributed by atoms with van der Waals surface area (Å²) in [5, 5.41) is 11.1. The number of rotatable bonds is 4. The summed E-state index contributed by atoms with van der Waals surface area (Å²) in [6.45, 7) is 1.88. The van der Waals surface area contributed by atoms with Crippen molar-refractivity contribution in [2.75, 3.05) is 21.3 Å². The van der Waals surface area contributed by atoms with Gasteiger partial charge in [-0.25, -0.2) is 9.59 Å². The first-order chi connectivity index (χ1) is 13.1. The summed E-state index contributed by atoms with van der Waals surface area (Å²) in [6.07, 6.45) is 0. The molecule has 0 aromatic heterocycles. The Labute approximate surface area is 157 Å². The zero-order chi connectivity index (χ0) is 19.1. The first-order valence-electron chi connectivity index (χ1n) is 8.47. The van der Waals surface area contributed by atoms with Crippen LogP contribution in [0.4, 0.5) is 32.3 Å². The molecule has 3 aromatic rings. The number of urea groups is 2. The number of benzene rings is 3. The maximum Gasteiger partial charge on any atom is 0.323 e. The quantitative estimate of drug-likeness (QED) is 0.510. The van der Waals surface area contributed by atoms with E-state index in [2.05, 4.69) is 21.3 Å². The van der Waals surface area contributed by atoms with E-state index in [0.29, 0.717) is 22.7 Å². The maximum absolute atomic E-state index is 12.2. The van der Waals surface area contributed by atoms with Crippen molar-refractivity contribution >= 4 is 34.8 Å². The molecule has 0 spiro atoms. The third-order valence-corrected chi connectivity index (χ3v) is 3.81. The van der Waals surface area contributed by atoms with E-state index in [9.17, 15) is 9.59 Å². The molecule has 4 N–H and O–H groups in total. The van der Waals surface area contributed by atoms with Gasteiger partial charge in [-0.15, -0.1) is 0 Å². The third kappa shape index (κ3) is 5.34. The molecule has 0 saturated heterocycles. The average Bonchev–Trinajstić information content (AvgIpc) is 2.66. The molecule has 0 fully saturated rings. The molecule has 0 bridgehead atoms. The minimum Gasteiger partial charge on any atom is -0.308 e. The highest BCUT2D eigenvalue weighted by Gasteiger charge is 2.08. The van der Waals surface area contributed by atoms with Gasteiger partial charge in [-0.1, -0.05) is 42.5 Å². The summed E-state index contributed by atoms with van der Waals surface area (Å²) in [5.41, 5.74) is 3.46. The van der Waals surface area contributed by atoms with E-state index in [4.69, 9.17) is 0 Å². The van der Waals surface area contributed by atoms with E-state index in [1.165, 1.54) is 0 Å². The molecule has 0 unspecified atom stereocenters. The molecule has 3 rings (SSSR count). The lowest BCUT2D eigenvalue weighted by molar-refractivity contribution is 0.261. The van der Waals surface area contributed by atoms with Gasteiger partial charge in [0.05, 0.1) is 0 Å². The SMILES string of the molecule is Cc1ccc(NC(=O)Nc2ccccc2)cc1NC(=O)Nc1ccccc1. The highest BCUT2D eigenvalue weighted by molar-refractivity contribution is 6.02. The Hall–Kier alpha value is -3.80. The average molecular weight is 360 g/mol. The van der Waals surface area contributed by atoms with Crippen molar-refractivity contribution in [3.63, 3.8) is 0 Å². The van der Waals surface area contributed by atoms with E-state index in [1.807, 2.05) is 49.4 Å². The zero-order valence-electron chi connectivity index (χ0n) is 14.8. The first kappa shape index (κ1) is 18.0. The lowest BCUT2D eigenvalue weighted by Crippen LogP contribution is -2.21. The number of hydrogen-bond donors (Lipinski definition) is 4. The van der Waals surface area contributed by atoms with Crippen molar-refractivity contribution in [3.8, 4) is 0 Å². The molecule has 0 aliphatic heterocycles. The fraction of sp³-hybridized carbons (Fsp3) is 0.0476. The number of carbonyl (C=O) groups excluding carboxylic acids is 2. The van der Waals surface area contributed by atoms with Crippen molar-refractivity contribution in [3.05, 3.63) is 84.4 Å². The van der Waals surface area contributed by atoms with Crippen LogP contribution in [0.5, 0.6) is 0 Å². The Bertz CT molecular complexity index is 927. The Balaban J connectivity index is 1.63. The summed E-state index contributed by atoms with van der Waals surface area (Å²) in [7, 11) is 0. The molecule has 0 atom stereocenters. The van der Waals surface area contributed by atoms with Crippen LogP contribution >= 0.6 is 0 Å². The van der Waals surface area contributed by atoms with Gasteiger partial charge < -0.3 is 21.3 Å².